The molecular formula is C18H32ClN5O. The van der Waals surface area contributed by atoms with E-state index >= 15 is 0 Å². The molecule has 3 rings (SSSR count). The summed E-state index contributed by atoms with van der Waals surface area (Å²) in [4.78, 5) is 12.4. The Balaban J connectivity index is 0.00000225. The highest BCUT2D eigenvalue weighted by atomic mass is 35.5. The molecule has 1 aliphatic heterocycles. The molecule has 0 atom stereocenters. The maximum atomic E-state index is 12.4. The van der Waals surface area contributed by atoms with Crippen molar-refractivity contribution in [2.75, 3.05) is 13.1 Å². The SMILES string of the molecule is CCCCC1CCC(NC(=O)c2cn(C3CCNCC3)nn2)CC1.Cl. The topological polar surface area (TPSA) is 71.8 Å². The van der Waals surface area contributed by atoms with Crippen molar-refractivity contribution in [1.82, 2.24) is 25.6 Å². The first-order valence-corrected chi connectivity index (χ1v) is 9.69. The number of nitrogens with zero attached hydrogens (tertiary/aromatic N) is 3. The number of halogens is 1. The van der Waals surface area contributed by atoms with Crippen molar-refractivity contribution in [1.29, 1.82) is 0 Å². The number of rotatable bonds is 6. The number of carbonyl (C=O) groups excluding carboxylic acids is 1. The minimum absolute atomic E-state index is 0. The standard InChI is InChI=1S/C18H31N5O.ClH/c1-2-3-4-14-5-7-15(8-6-14)20-18(24)17-13-23(22-21-17)16-9-11-19-12-10-16;/h13-16,19H,2-12H2,1H3,(H,20,24);1H. The smallest absolute Gasteiger partial charge is 0.273 e. The second-order valence-electron chi connectivity index (χ2n) is 7.40. The monoisotopic (exact) mass is 369 g/mol. The van der Waals surface area contributed by atoms with Gasteiger partial charge in [0, 0.05) is 6.04 Å². The van der Waals surface area contributed by atoms with Crippen LogP contribution < -0.4 is 10.6 Å². The van der Waals surface area contributed by atoms with Crippen LogP contribution in [0.4, 0.5) is 0 Å². The molecule has 0 spiro atoms. The first-order valence-electron chi connectivity index (χ1n) is 9.69. The maximum absolute atomic E-state index is 12.4. The van der Waals surface area contributed by atoms with Gasteiger partial charge in [0.15, 0.2) is 5.69 Å². The summed E-state index contributed by atoms with van der Waals surface area (Å²) in [5, 5.41) is 14.8. The van der Waals surface area contributed by atoms with Crippen molar-refractivity contribution in [3.8, 4) is 0 Å². The number of aromatic nitrogens is 3. The lowest BCUT2D eigenvalue weighted by Gasteiger charge is -2.28. The Morgan fingerprint density at radius 1 is 1.24 bits per heavy atom. The minimum atomic E-state index is -0.0628. The zero-order chi connectivity index (χ0) is 16.8. The van der Waals surface area contributed by atoms with Crippen LogP contribution in [-0.2, 0) is 0 Å². The van der Waals surface area contributed by atoms with Gasteiger partial charge in [-0.25, -0.2) is 4.68 Å². The highest BCUT2D eigenvalue weighted by Crippen LogP contribution is 2.28. The number of carbonyl (C=O) groups is 1. The third kappa shape index (κ3) is 5.68. The lowest BCUT2D eigenvalue weighted by atomic mass is 9.83. The van der Waals surface area contributed by atoms with E-state index < -0.39 is 0 Å². The number of piperidine rings is 1. The van der Waals surface area contributed by atoms with Crippen LogP contribution in [0.25, 0.3) is 0 Å². The molecular weight excluding hydrogens is 338 g/mol. The Morgan fingerprint density at radius 2 is 1.96 bits per heavy atom. The van der Waals surface area contributed by atoms with Crippen molar-refractivity contribution in [3.63, 3.8) is 0 Å². The molecule has 0 unspecified atom stereocenters. The molecule has 2 aliphatic rings. The van der Waals surface area contributed by atoms with E-state index in [0.29, 0.717) is 17.8 Å². The van der Waals surface area contributed by atoms with Crippen molar-refractivity contribution >= 4 is 18.3 Å². The van der Waals surface area contributed by atoms with Gasteiger partial charge in [-0.1, -0.05) is 31.4 Å². The third-order valence-corrected chi connectivity index (χ3v) is 5.57. The molecule has 0 aromatic carbocycles. The molecule has 7 heteroatoms. The Morgan fingerprint density at radius 3 is 2.64 bits per heavy atom. The Kier molecular flexibility index (Phi) is 8.16. The first-order chi connectivity index (χ1) is 11.8. The van der Waals surface area contributed by atoms with Gasteiger partial charge in [-0.15, -0.1) is 17.5 Å². The second-order valence-corrected chi connectivity index (χ2v) is 7.40. The average Bonchev–Trinajstić information content (AvgIpc) is 3.12. The quantitative estimate of drug-likeness (QED) is 0.808. The van der Waals surface area contributed by atoms with Gasteiger partial charge in [0.05, 0.1) is 12.2 Å². The van der Waals surface area contributed by atoms with Gasteiger partial charge < -0.3 is 10.6 Å². The van der Waals surface area contributed by atoms with E-state index in [1.54, 1.807) is 0 Å². The van der Waals surface area contributed by atoms with E-state index in [0.717, 1.165) is 44.7 Å². The zero-order valence-electron chi connectivity index (χ0n) is 15.2. The van der Waals surface area contributed by atoms with Crippen LogP contribution in [-0.4, -0.2) is 40.0 Å². The highest BCUT2D eigenvalue weighted by molar-refractivity contribution is 5.92. The molecule has 0 radical (unpaired) electrons. The Hall–Kier alpha value is -1.14. The van der Waals surface area contributed by atoms with Crippen LogP contribution in [0, 0.1) is 5.92 Å². The summed E-state index contributed by atoms with van der Waals surface area (Å²) in [5.41, 5.74) is 0.460. The van der Waals surface area contributed by atoms with Gasteiger partial charge in [-0.05, 0) is 57.5 Å². The molecule has 25 heavy (non-hydrogen) atoms. The van der Waals surface area contributed by atoms with E-state index in [1.807, 2.05) is 10.9 Å². The molecule has 1 aromatic heterocycles. The van der Waals surface area contributed by atoms with Crippen molar-refractivity contribution < 1.29 is 4.79 Å². The van der Waals surface area contributed by atoms with Crippen LogP contribution in [0.15, 0.2) is 6.20 Å². The van der Waals surface area contributed by atoms with Gasteiger partial charge in [0.25, 0.3) is 5.91 Å². The van der Waals surface area contributed by atoms with Crippen LogP contribution in [0.3, 0.4) is 0 Å². The lowest BCUT2D eigenvalue weighted by molar-refractivity contribution is 0.0916. The molecule has 6 nitrogen and oxygen atoms in total. The second kappa shape index (κ2) is 10.1. The van der Waals surface area contributed by atoms with E-state index in [1.165, 1.54) is 32.1 Å². The molecule has 1 aliphatic carbocycles. The predicted octanol–water partition coefficient (Wildman–Crippen LogP) is 3.10. The molecule has 1 aromatic rings. The molecule has 2 N–H and O–H groups in total. The first kappa shape index (κ1) is 20.2. The van der Waals surface area contributed by atoms with Crippen LogP contribution in [0.5, 0.6) is 0 Å². The summed E-state index contributed by atoms with van der Waals surface area (Å²) >= 11 is 0. The van der Waals surface area contributed by atoms with Gasteiger partial charge in [-0.3, -0.25) is 4.79 Å². The summed E-state index contributed by atoms with van der Waals surface area (Å²) in [6.45, 7) is 4.27. The van der Waals surface area contributed by atoms with Crippen molar-refractivity contribution in [2.24, 2.45) is 5.92 Å². The lowest BCUT2D eigenvalue weighted by Crippen LogP contribution is -2.37. The number of unbranched alkanes of at least 4 members (excludes halogenated alkanes) is 1. The number of nitrogens with one attached hydrogen (secondary N) is 2. The van der Waals surface area contributed by atoms with Crippen molar-refractivity contribution in [2.45, 2.75) is 76.8 Å². The fraction of sp³-hybridized carbons (Fsp3) is 0.833. The van der Waals surface area contributed by atoms with E-state index in [2.05, 4.69) is 27.9 Å². The molecule has 1 saturated heterocycles. The van der Waals surface area contributed by atoms with Gasteiger partial charge in [0.1, 0.15) is 0 Å². The van der Waals surface area contributed by atoms with E-state index in [9.17, 15) is 4.79 Å². The van der Waals surface area contributed by atoms with Crippen LogP contribution >= 0.6 is 12.4 Å². The fourth-order valence-corrected chi connectivity index (χ4v) is 3.98. The van der Waals surface area contributed by atoms with Crippen LogP contribution in [0.2, 0.25) is 0 Å². The molecule has 142 valence electrons. The molecule has 2 heterocycles. The largest absolute Gasteiger partial charge is 0.348 e. The van der Waals surface area contributed by atoms with Crippen LogP contribution in [0.1, 0.15) is 81.2 Å². The number of hydrogen-bond acceptors (Lipinski definition) is 4. The molecule has 1 saturated carbocycles. The zero-order valence-corrected chi connectivity index (χ0v) is 16.1. The van der Waals surface area contributed by atoms with Gasteiger partial charge in [0.2, 0.25) is 0 Å². The Labute approximate surface area is 156 Å². The Bertz CT molecular complexity index is 521. The minimum Gasteiger partial charge on any atom is -0.348 e. The molecule has 1 amide bonds. The summed E-state index contributed by atoms with van der Waals surface area (Å²) in [6.07, 6.45) is 12.6. The molecule has 0 bridgehead atoms. The normalized spacial score (nSPS) is 24.5. The maximum Gasteiger partial charge on any atom is 0.273 e. The third-order valence-electron chi connectivity index (χ3n) is 5.57. The average molecular weight is 370 g/mol. The summed E-state index contributed by atoms with van der Waals surface area (Å²) < 4.78 is 1.87. The van der Waals surface area contributed by atoms with Crippen molar-refractivity contribution in [3.05, 3.63) is 11.9 Å². The summed E-state index contributed by atoms with van der Waals surface area (Å²) in [5.74, 6) is 0.797. The van der Waals surface area contributed by atoms with E-state index in [4.69, 9.17) is 0 Å². The van der Waals surface area contributed by atoms with E-state index in [-0.39, 0.29) is 18.3 Å². The summed E-state index contributed by atoms with van der Waals surface area (Å²) in [6, 6.07) is 0.675. The van der Waals surface area contributed by atoms with Gasteiger partial charge >= 0.3 is 0 Å². The molecule has 2 fully saturated rings. The van der Waals surface area contributed by atoms with Gasteiger partial charge in [-0.2, -0.15) is 0 Å². The fourth-order valence-electron chi connectivity index (χ4n) is 3.98. The number of amides is 1. The number of hydrogen-bond donors (Lipinski definition) is 2. The highest BCUT2D eigenvalue weighted by Gasteiger charge is 2.24. The predicted molar refractivity (Wildman–Crippen MR) is 101 cm³/mol. The summed E-state index contributed by atoms with van der Waals surface area (Å²) in [7, 11) is 0.